The molecule has 0 saturated heterocycles. The summed E-state index contributed by atoms with van der Waals surface area (Å²) in [7, 11) is -1.21. The van der Waals surface area contributed by atoms with Crippen LogP contribution in [-0.2, 0) is 16.2 Å². The standard InChI is InChI=1S/C15H27N3O5Si/c1-15(2,3)23-14(21)17-12-11(13(19)20)16-9-18(12)10-22-7-8-24(4,5)6/h9H,7-8,10H2,1-6H3,(H,17,21)(H,19,20). The van der Waals surface area contributed by atoms with E-state index in [2.05, 4.69) is 29.9 Å². The van der Waals surface area contributed by atoms with Crippen molar-refractivity contribution >= 4 is 26.0 Å². The quantitative estimate of drug-likeness (QED) is 0.573. The summed E-state index contributed by atoms with van der Waals surface area (Å²) in [4.78, 5) is 27.0. The van der Waals surface area contributed by atoms with Gasteiger partial charge in [-0.3, -0.25) is 9.88 Å². The van der Waals surface area contributed by atoms with E-state index >= 15 is 0 Å². The highest BCUT2D eigenvalue weighted by Gasteiger charge is 2.23. The van der Waals surface area contributed by atoms with Gasteiger partial charge in [0, 0.05) is 14.7 Å². The van der Waals surface area contributed by atoms with E-state index in [9.17, 15) is 14.7 Å². The summed E-state index contributed by atoms with van der Waals surface area (Å²) in [6, 6.07) is 0.988. The van der Waals surface area contributed by atoms with Crippen LogP contribution in [0, 0.1) is 0 Å². The number of amides is 1. The van der Waals surface area contributed by atoms with E-state index < -0.39 is 25.7 Å². The first kappa shape index (κ1) is 20.2. The van der Waals surface area contributed by atoms with E-state index in [1.807, 2.05) is 0 Å². The molecule has 1 rings (SSSR count). The van der Waals surface area contributed by atoms with Crippen LogP contribution in [0.5, 0.6) is 0 Å². The molecule has 2 N–H and O–H groups in total. The van der Waals surface area contributed by atoms with E-state index in [1.54, 1.807) is 20.8 Å². The fourth-order valence-electron chi connectivity index (χ4n) is 1.71. The number of nitrogens with one attached hydrogen (secondary N) is 1. The molecule has 0 fully saturated rings. The molecule has 24 heavy (non-hydrogen) atoms. The highest BCUT2D eigenvalue weighted by atomic mass is 28.3. The molecule has 136 valence electrons. The van der Waals surface area contributed by atoms with Gasteiger partial charge in [-0.25, -0.2) is 14.6 Å². The molecule has 0 aromatic carbocycles. The van der Waals surface area contributed by atoms with Crippen LogP contribution in [0.25, 0.3) is 0 Å². The van der Waals surface area contributed by atoms with Crippen molar-refractivity contribution in [1.82, 2.24) is 9.55 Å². The van der Waals surface area contributed by atoms with E-state index in [4.69, 9.17) is 9.47 Å². The Kier molecular flexibility index (Phi) is 6.55. The zero-order valence-corrected chi connectivity index (χ0v) is 16.2. The highest BCUT2D eigenvalue weighted by molar-refractivity contribution is 6.76. The molecule has 1 heterocycles. The van der Waals surface area contributed by atoms with Crippen molar-refractivity contribution in [3.63, 3.8) is 0 Å². The molecule has 0 unspecified atom stereocenters. The molecule has 0 saturated carbocycles. The Morgan fingerprint density at radius 3 is 2.46 bits per heavy atom. The van der Waals surface area contributed by atoms with Gasteiger partial charge in [-0.2, -0.15) is 0 Å². The van der Waals surface area contributed by atoms with Gasteiger partial charge < -0.3 is 14.6 Å². The number of carbonyl (C=O) groups excluding carboxylic acids is 1. The highest BCUT2D eigenvalue weighted by Crippen LogP contribution is 2.17. The Labute approximate surface area is 143 Å². The molecule has 0 aliphatic carbocycles. The largest absolute Gasteiger partial charge is 0.476 e. The van der Waals surface area contributed by atoms with Gasteiger partial charge in [0.25, 0.3) is 0 Å². The lowest BCUT2D eigenvalue weighted by molar-refractivity contribution is 0.0629. The Morgan fingerprint density at radius 1 is 1.33 bits per heavy atom. The fourth-order valence-corrected chi connectivity index (χ4v) is 2.47. The number of carboxylic acids is 1. The lowest BCUT2D eigenvalue weighted by atomic mass is 10.2. The number of carboxylic acid groups (broad SMARTS) is 1. The number of nitrogens with zero attached hydrogens (tertiary/aromatic N) is 2. The first-order valence-electron chi connectivity index (χ1n) is 7.75. The number of carbonyl (C=O) groups is 2. The van der Waals surface area contributed by atoms with E-state index in [-0.39, 0.29) is 18.2 Å². The summed E-state index contributed by atoms with van der Waals surface area (Å²) in [6.07, 6.45) is 0.582. The van der Waals surface area contributed by atoms with Gasteiger partial charge in [0.2, 0.25) is 0 Å². The second-order valence-corrected chi connectivity index (χ2v) is 13.3. The summed E-state index contributed by atoms with van der Waals surface area (Å²) in [5.74, 6) is -1.19. The Morgan fingerprint density at radius 2 is 1.96 bits per heavy atom. The minimum atomic E-state index is -1.23. The maximum Gasteiger partial charge on any atom is 0.413 e. The van der Waals surface area contributed by atoms with Crippen LogP contribution in [0.15, 0.2) is 6.33 Å². The van der Waals surface area contributed by atoms with E-state index in [1.165, 1.54) is 10.9 Å². The van der Waals surface area contributed by atoms with Crippen LogP contribution in [-0.4, -0.2) is 47.0 Å². The second-order valence-electron chi connectivity index (χ2n) is 7.69. The fraction of sp³-hybridized carbons (Fsp3) is 0.667. The van der Waals surface area contributed by atoms with Crippen molar-refractivity contribution in [3.8, 4) is 0 Å². The zero-order chi connectivity index (χ0) is 18.5. The summed E-state index contributed by atoms with van der Waals surface area (Å²) >= 11 is 0. The Balaban J connectivity index is 2.79. The molecule has 1 aromatic rings. The number of anilines is 1. The summed E-state index contributed by atoms with van der Waals surface area (Å²) < 4.78 is 12.2. The molecular formula is C15H27N3O5Si. The monoisotopic (exact) mass is 357 g/mol. The third-order valence-corrected chi connectivity index (χ3v) is 4.59. The van der Waals surface area contributed by atoms with E-state index in [0.29, 0.717) is 6.61 Å². The minimum Gasteiger partial charge on any atom is -0.476 e. The van der Waals surface area contributed by atoms with Crippen LogP contribution >= 0.6 is 0 Å². The van der Waals surface area contributed by atoms with E-state index in [0.717, 1.165) is 6.04 Å². The number of aromatic carboxylic acids is 1. The van der Waals surface area contributed by atoms with Crippen molar-refractivity contribution in [2.75, 3.05) is 11.9 Å². The predicted octanol–water partition coefficient (Wildman–Crippen LogP) is 3.24. The second kappa shape index (κ2) is 7.80. The molecule has 0 aliphatic rings. The molecule has 1 aromatic heterocycles. The number of ether oxygens (including phenoxy) is 2. The summed E-state index contributed by atoms with van der Waals surface area (Å²) in [6.45, 7) is 12.6. The van der Waals surface area contributed by atoms with Gasteiger partial charge in [0.15, 0.2) is 11.5 Å². The molecule has 0 bridgehead atoms. The first-order valence-corrected chi connectivity index (χ1v) is 11.5. The van der Waals surface area contributed by atoms with Gasteiger partial charge in [-0.15, -0.1) is 0 Å². The number of rotatable bonds is 7. The van der Waals surface area contributed by atoms with Gasteiger partial charge in [-0.1, -0.05) is 19.6 Å². The van der Waals surface area contributed by atoms with Crippen molar-refractivity contribution < 1.29 is 24.2 Å². The smallest absolute Gasteiger partial charge is 0.413 e. The molecule has 0 radical (unpaired) electrons. The summed E-state index contributed by atoms with van der Waals surface area (Å²) in [5, 5.41) is 11.6. The Hall–Kier alpha value is -1.87. The van der Waals surface area contributed by atoms with Crippen molar-refractivity contribution in [2.24, 2.45) is 0 Å². The molecule has 1 amide bonds. The van der Waals surface area contributed by atoms with Crippen molar-refractivity contribution in [2.45, 2.75) is 58.8 Å². The zero-order valence-electron chi connectivity index (χ0n) is 15.2. The van der Waals surface area contributed by atoms with Crippen LogP contribution < -0.4 is 5.32 Å². The predicted molar refractivity (Wildman–Crippen MR) is 93.1 cm³/mol. The van der Waals surface area contributed by atoms with Crippen molar-refractivity contribution in [3.05, 3.63) is 12.0 Å². The first-order chi connectivity index (χ1) is 10.9. The van der Waals surface area contributed by atoms with Crippen LogP contribution in [0.4, 0.5) is 10.6 Å². The normalized spacial score (nSPS) is 12.1. The van der Waals surface area contributed by atoms with Gasteiger partial charge >= 0.3 is 12.1 Å². The molecule has 0 atom stereocenters. The van der Waals surface area contributed by atoms with Gasteiger partial charge in [0.1, 0.15) is 12.3 Å². The topological polar surface area (TPSA) is 103 Å². The van der Waals surface area contributed by atoms with Crippen LogP contribution in [0.3, 0.4) is 0 Å². The molecule has 8 nitrogen and oxygen atoms in total. The minimum absolute atomic E-state index is 0.0461. The molecule has 0 aliphatic heterocycles. The van der Waals surface area contributed by atoms with Crippen molar-refractivity contribution in [1.29, 1.82) is 0 Å². The van der Waals surface area contributed by atoms with Crippen LogP contribution in [0.1, 0.15) is 31.3 Å². The molecule has 0 spiro atoms. The summed E-state index contributed by atoms with van der Waals surface area (Å²) in [5.41, 5.74) is -0.943. The van der Waals surface area contributed by atoms with Gasteiger partial charge in [-0.05, 0) is 26.8 Å². The molecule has 9 heteroatoms. The Bertz CT molecular complexity index is 587. The number of aromatic nitrogens is 2. The average molecular weight is 357 g/mol. The number of imidazole rings is 1. The number of hydrogen-bond acceptors (Lipinski definition) is 5. The molecular weight excluding hydrogens is 330 g/mol. The van der Waals surface area contributed by atoms with Gasteiger partial charge in [0.05, 0.1) is 6.33 Å². The lowest BCUT2D eigenvalue weighted by Gasteiger charge is -2.20. The maximum absolute atomic E-state index is 11.9. The SMILES string of the molecule is CC(C)(C)OC(=O)Nc1c(C(=O)O)ncn1COCC[Si](C)(C)C. The maximum atomic E-state index is 11.9. The van der Waals surface area contributed by atoms with Crippen LogP contribution in [0.2, 0.25) is 25.7 Å². The third kappa shape index (κ3) is 7.13. The average Bonchev–Trinajstić information content (AvgIpc) is 2.74. The third-order valence-electron chi connectivity index (χ3n) is 2.89. The number of hydrogen-bond donors (Lipinski definition) is 2. The lowest BCUT2D eigenvalue weighted by Crippen LogP contribution is -2.28.